The molecule has 2 amide bonds. The largest absolute Gasteiger partial charge is 0.486 e. The smallest absolute Gasteiger partial charge is 0.269 e. The minimum Gasteiger partial charge on any atom is -0.486 e. The van der Waals surface area contributed by atoms with E-state index in [1.165, 1.54) is 0 Å². The van der Waals surface area contributed by atoms with Crippen molar-refractivity contribution < 1.29 is 19.1 Å². The topological polar surface area (TPSA) is 76.7 Å². The van der Waals surface area contributed by atoms with Crippen LogP contribution in [0.1, 0.15) is 15.9 Å². The lowest BCUT2D eigenvalue weighted by Crippen LogP contribution is -2.42. The van der Waals surface area contributed by atoms with Crippen LogP contribution in [-0.4, -0.2) is 25.0 Å². The highest BCUT2D eigenvalue weighted by Gasteiger charge is 2.18. The van der Waals surface area contributed by atoms with Crippen molar-refractivity contribution in [2.24, 2.45) is 0 Å². The molecule has 0 aliphatic carbocycles. The molecular formula is C17H14Cl2N2O4. The highest BCUT2D eigenvalue weighted by Crippen LogP contribution is 2.38. The van der Waals surface area contributed by atoms with E-state index in [-0.39, 0.29) is 6.42 Å². The fourth-order valence-electron chi connectivity index (χ4n) is 2.30. The van der Waals surface area contributed by atoms with Crippen LogP contribution < -0.4 is 20.3 Å². The van der Waals surface area contributed by atoms with Crippen LogP contribution in [0.3, 0.4) is 0 Å². The Bertz CT molecular complexity index is 809. The van der Waals surface area contributed by atoms with Crippen LogP contribution in [0.15, 0.2) is 36.4 Å². The van der Waals surface area contributed by atoms with Crippen molar-refractivity contribution in [2.45, 2.75) is 6.42 Å². The van der Waals surface area contributed by atoms with Gasteiger partial charge < -0.3 is 9.47 Å². The molecule has 0 saturated carbocycles. The second-order valence-electron chi connectivity index (χ2n) is 5.29. The maximum Gasteiger partial charge on any atom is 0.269 e. The number of hydrogen-bond donors (Lipinski definition) is 2. The first kappa shape index (κ1) is 17.4. The molecule has 2 aromatic carbocycles. The van der Waals surface area contributed by atoms with Crippen molar-refractivity contribution >= 4 is 35.0 Å². The van der Waals surface area contributed by atoms with Crippen molar-refractivity contribution in [3.8, 4) is 11.5 Å². The minimum absolute atomic E-state index is 0.0251. The van der Waals surface area contributed by atoms with Gasteiger partial charge in [-0.2, -0.15) is 0 Å². The van der Waals surface area contributed by atoms with Crippen LogP contribution in [0.2, 0.25) is 10.0 Å². The number of carbonyl (C=O) groups excluding carboxylic acids is 2. The van der Waals surface area contributed by atoms with Crippen LogP contribution in [0.4, 0.5) is 0 Å². The zero-order valence-corrected chi connectivity index (χ0v) is 14.5. The highest BCUT2D eigenvalue weighted by molar-refractivity contribution is 6.32. The molecule has 0 fully saturated rings. The average molecular weight is 381 g/mol. The Morgan fingerprint density at radius 3 is 2.48 bits per heavy atom. The predicted octanol–water partition coefficient (Wildman–Crippen LogP) is 2.77. The Labute approximate surface area is 154 Å². The van der Waals surface area contributed by atoms with Crippen LogP contribution in [0, 0.1) is 0 Å². The number of hydrogen-bond acceptors (Lipinski definition) is 4. The summed E-state index contributed by atoms with van der Waals surface area (Å²) in [6, 6.07) is 9.64. The summed E-state index contributed by atoms with van der Waals surface area (Å²) in [4.78, 5) is 24.0. The first-order chi connectivity index (χ1) is 12.0. The summed E-state index contributed by atoms with van der Waals surface area (Å²) in [5.74, 6) is 0.153. The summed E-state index contributed by atoms with van der Waals surface area (Å²) >= 11 is 11.9. The van der Waals surface area contributed by atoms with E-state index in [4.69, 9.17) is 32.7 Å². The molecule has 0 saturated heterocycles. The van der Waals surface area contributed by atoms with E-state index in [1.54, 1.807) is 36.4 Å². The monoisotopic (exact) mass is 380 g/mol. The van der Waals surface area contributed by atoms with Crippen molar-refractivity contribution in [2.75, 3.05) is 13.2 Å². The first-order valence-electron chi connectivity index (χ1n) is 7.45. The molecule has 0 spiro atoms. The van der Waals surface area contributed by atoms with Crippen LogP contribution in [-0.2, 0) is 11.2 Å². The van der Waals surface area contributed by atoms with Gasteiger partial charge in [-0.15, -0.1) is 0 Å². The Balaban J connectivity index is 1.58. The zero-order valence-electron chi connectivity index (χ0n) is 13.0. The third kappa shape index (κ3) is 4.35. The van der Waals surface area contributed by atoms with E-state index in [0.717, 1.165) is 0 Å². The molecule has 0 unspecified atom stereocenters. The number of hydrazine groups is 1. The van der Waals surface area contributed by atoms with Crippen LogP contribution >= 0.6 is 23.2 Å². The Hall–Kier alpha value is -2.44. The van der Waals surface area contributed by atoms with Crippen molar-refractivity contribution in [1.82, 2.24) is 10.9 Å². The normalized spacial score (nSPS) is 12.4. The van der Waals surface area contributed by atoms with Gasteiger partial charge in [0.2, 0.25) is 5.91 Å². The molecule has 25 heavy (non-hydrogen) atoms. The van der Waals surface area contributed by atoms with E-state index in [2.05, 4.69) is 10.9 Å². The third-order valence-corrected chi connectivity index (χ3v) is 3.98. The van der Waals surface area contributed by atoms with Gasteiger partial charge in [0.25, 0.3) is 5.91 Å². The van der Waals surface area contributed by atoms with Gasteiger partial charge in [-0.05, 0) is 42.0 Å². The lowest BCUT2D eigenvalue weighted by molar-refractivity contribution is -0.121. The average Bonchev–Trinajstić information content (AvgIpc) is 2.60. The molecule has 2 N–H and O–H groups in total. The molecule has 1 aliphatic rings. The first-order valence-corrected chi connectivity index (χ1v) is 8.21. The molecule has 0 bridgehead atoms. The van der Waals surface area contributed by atoms with Gasteiger partial charge >= 0.3 is 0 Å². The molecule has 3 rings (SSSR count). The fourth-order valence-corrected chi connectivity index (χ4v) is 2.71. The van der Waals surface area contributed by atoms with E-state index in [9.17, 15) is 9.59 Å². The van der Waals surface area contributed by atoms with E-state index >= 15 is 0 Å². The minimum atomic E-state index is -0.440. The molecule has 2 aromatic rings. The predicted molar refractivity (Wildman–Crippen MR) is 93.2 cm³/mol. The fraction of sp³-hybridized carbons (Fsp3) is 0.176. The third-order valence-electron chi connectivity index (χ3n) is 3.44. The number of nitrogens with one attached hydrogen (secondary N) is 2. The van der Waals surface area contributed by atoms with Gasteiger partial charge in [-0.3, -0.25) is 20.4 Å². The molecule has 130 valence electrons. The summed E-state index contributed by atoms with van der Waals surface area (Å²) in [7, 11) is 0. The molecule has 1 aliphatic heterocycles. The van der Waals surface area contributed by atoms with Crippen LogP contribution in [0.5, 0.6) is 11.5 Å². The van der Waals surface area contributed by atoms with Crippen LogP contribution in [0.25, 0.3) is 0 Å². The Morgan fingerprint density at radius 1 is 1.00 bits per heavy atom. The molecule has 0 aromatic heterocycles. The van der Waals surface area contributed by atoms with Gasteiger partial charge in [0, 0.05) is 10.6 Å². The zero-order chi connectivity index (χ0) is 17.8. The second-order valence-corrected chi connectivity index (χ2v) is 6.13. The van der Waals surface area contributed by atoms with Gasteiger partial charge in [-0.25, -0.2) is 0 Å². The SMILES string of the molecule is O=C(Cc1cc(Cl)c2c(c1)OCCO2)NNC(=O)c1ccc(Cl)cc1. The number of ether oxygens (including phenoxy) is 2. The summed E-state index contributed by atoms with van der Waals surface area (Å²) in [6.07, 6.45) is 0.0251. The molecule has 6 nitrogen and oxygen atoms in total. The van der Waals surface area contributed by atoms with Crippen molar-refractivity contribution in [1.29, 1.82) is 0 Å². The lowest BCUT2D eigenvalue weighted by atomic mass is 10.1. The van der Waals surface area contributed by atoms with E-state index in [1.807, 2.05) is 0 Å². The van der Waals surface area contributed by atoms with Crippen molar-refractivity contribution in [3.05, 3.63) is 57.6 Å². The maximum absolute atomic E-state index is 12.0. The molecule has 0 atom stereocenters. The van der Waals surface area contributed by atoms with Gasteiger partial charge in [0.1, 0.15) is 13.2 Å². The molecular weight excluding hydrogens is 367 g/mol. The summed E-state index contributed by atoms with van der Waals surface area (Å²) < 4.78 is 10.9. The number of halogens is 2. The molecule has 0 radical (unpaired) electrons. The summed E-state index contributed by atoms with van der Waals surface area (Å²) in [6.45, 7) is 0.861. The Kier molecular flexibility index (Phi) is 5.31. The molecule has 1 heterocycles. The van der Waals surface area contributed by atoms with Gasteiger partial charge in [0.05, 0.1) is 11.4 Å². The summed E-state index contributed by atoms with van der Waals surface area (Å²) in [5.41, 5.74) is 5.73. The highest BCUT2D eigenvalue weighted by atomic mass is 35.5. The number of rotatable bonds is 3. The maximum atomic E-state index is 12.0. The van der Waals surface area contributed by atoms with E-state index in [0.29, 0.717) is 45.9 Å². The van der Waals surface area contributed by atoms with Gasteiger partial charge in [0.15, 0.2) is 11.5 Å². The Morgan fingerprint density at radius 2 is 1.72 bits per heavy atom. The van der Waals surface area contributed by atoms with Crippen molar-refractivity contribution in [3.63, 3.8) is 0 Å². The second kappa shape index (κ2) is 7.63. The van der Waals surface area contributed by atoms with E-state index < -0.39 is 11.8 Å². The lowest BCUT2D eigenvalue weighted by Gasteiger charge is -2.20. The number of fused-ring (bicyclic) bond motifs is 1. The van der Waals surface area contributed by atoms with Gasteiger partial charge in [-0.1, -0.05) is 23.2 Å². The number of amides is 2. The number of carbonyl (C=O) groups is 2. The number of benzene rings is 2. The summed E-state index contributed by atoms with van der Waals surface area (Å²) in [5, 5.41) is 0.904. The standard InChI is InChI=1S/C17H14Cl2N2O4/c18-12-3-1-11(2-4-12)17(23)21-20-15(22)9-10-7-13(19)16-14(8-10)24-5-6-25-16/h1-4,7-8H,5-6,9H2,(H,20,22)(H,21,23). The quantitative estimate of drug-likeness (QED) is 0.802. The molecule has 8 heteroatoms.